The number of nitrogens with zero attached hydrogens (tertiary/aromatic N) is 4. The number of thiazole rings is 1. The average molecular weight is 340 g/mol. The smallest absolute Gasteiger partial charge is 0.123 e. The molecule has 126 valence electrons. The van der Waals surface area contributed by atoms with Gasteiger partial charge in [0.2, 0.25) is 0 Å². The molecule has 0 saturated heterocycles. The molecule has 24 heavy (non-hydrogen) atoms. The molecule has 0 aliphatic heterocycles. The Kier molecular flexibility index (Phi) is 4.83. The Balaban J connectivity index is 1.72. The van der Waals surface area contributed by atoms with Crippen LogP contribution >= 0.6 is 11.3 Å². The zero-order chi connectivity index (χ0) is 17.3. The summed E-state index contributed by atoms with van der Waals surface area (Å²) in [5.74, 6) is 0. The third-order valence-corrected chi connectivity index (χ3v) is 5.37. The monoisotopic (exact) mass is 340 g/mol. The Morgan fingerprint density at radius 1 is 1.12 bits per heavy atom. The molecular formula is C19H24N4S. The van der Waals surface area contributed by atoms with E-state index in [0.29, 0.717) is 0 Å². The Morgan fingerprint density at radius 2 is 1.88 bits per heavy atom. The van der Waals surface area contributed by atoms with Crippen molar-refractivity contribution in [3.63, 3.8) is 0 Å². The molecule has 5 heteroatoms. The topological polar surface area (TPSA) is 34.0 Å². The van der Waals surface area contributed by atoms with Crippen LogP contribution in [0.1, 0.15) is 28.2 Å². The average Bonchev–Trinajstić information content (AvgIpc) is 3.08. The first-order valence-corrected chi connectivity index (χ1v) is 9.01. The number of hydrogen-bond acceptors (Lipinski definition) is 4. The van der Waals surface area contributed by atoms with Crippen molar-refractivity contribution in [3.05, 3.63) is 57.9 Å². The largest absolute Gasteiger partial charge is 0.296 e. The molecule has 0 aliphatic rings. The van der Waals surface area contributed by atoms with Gasteiger partial charge in [0, 0.05) is 42.3 Å². The fraction of sp³-hybridized carbons (Fsp3) is 0.368. The van der Waals surface area contributed by atoms with E-state index in [-0.39, 0.29) is 0 Å². The number of hydrogen-bond donors (Lipinski definition) is 0. The predicted octanol–water partition coefficient (Wildman–Crippen LogP) is 4.10. The van der Waals surface area contributed by atoms with Crippen molar-refractivity contribution in [3.8, 4) is 10.6 Å². The molecule has 0 spiro atoms. The number of rotatable bonds is 5. The van der Waals surface area contributed by atoms with Gasteiger partial charge in [-0.3, -0.25) is 9.58 Å². The standard InChI is InChI=1S/C19H24N4S/c1-13-8-6-7-9-17(13)19-20-16(12-24-19)10-22(4)11-18-14(2)21-23(5)15(18)3/h6-9,12H,10-11H2,1-5H3. The minimum atomic E-state index is 0.843. The van der Waals surface area contributed by atoms with E-state index in [1.807, 2.05) is 11.7 Å². The summed E-state index contributed by atoms with van der Waals surface area (Å²) in [6.07, 6.45) is 0. The van der Waals surface area contributed by atoms with Gasteiger partial charge in [-0.25, -0.2) is 4.98 Å². The molecule has 0 fully saturated rings. The molecule has 3 rings (SSSR count). The summed E-state index contributed by atoms with van der Waals surface area (Å²) in [5.41, 5.74) is 7.29. The van der Waals surface area contributed by atoms with E-state index < -0.39 is 0 Å². The molecule has 0 aliphatic carbocycles. The third kappa shape index (κ3) is 3.42. The molecule has 2 aromatic heterocycles. The van der Waals surface area contributed by atoms with E-state index in [2.05, 4.69) is 67.5 Å². The first-order valence-electron chi connectivity index (χ1n) is 8.13. The maximum Gasteiger partial charge on any atom is 0.123 e. The molecule has 2 heterocycles. The lowest BCUT2D eigenvalue weighted by atomic mass is 10.1. The molecular weight excluding hydrogens is 316 g/mol. The van der Waals surface area contributed by atoms with Gasteiger partial charge in [-0.1, -0.05) is 24.3 Å². The van der Waals surface area contributed by atoms with Crippen LogP contribution in [-0.2, 0) is 20.1 Å². The van der Waals surface area contributed by atoms with Crippen molar-refractivity contribution in [2.75, 3.05) is 7.05 Å². The lowest BCUT2D eigenvalue weighted by molar-refractivity contribution is 0.314. The van der Waals surface area contributed by atoms with Crippen LogP contribution in [0.4, 0.5) is 0 Å². The summed E-state index contributed by atoms with van der Waals surface area (Å²) in [6.45, 7) is 8.08. The summed E-state index contributed by atoms with van der Waals surface area (Å²) >= 11 is 1.72. The van der Waals surface area contributed by atoms with Gasteiger partial charge in [-0.05, 0) is 33.4 Å². The lowest BCUT2D eigenvalue weighted by Gasteiger charge is -2.15. The first kappa shape index (κ1) is 16.9. The van der Waals surface area contributed by atoms with Crippen LogP contribution in [0.5, 0.6) is 0 Å². The molecule has 3 aromatic rings. The summed E-state index contributed by atoms with van der Waals surface area (Å²) in [7, 11) is 4.14. The Labute approximate surface area is 147 Å². The Hall–Kier alpha value is -1.98. The van der Waals surface area contributed by atoms with E-state index in [0.717, 1.165) is 29.5 Å². The highest BCUT2D eigenvalue weighted by molar-refractivity contribution is 7.13. The second-order valence-corrected chi connectivity index (χ2v) is 7.26. The van der Waals surface area contributed by atoms with Crippen molar-refractivity contribution >= 4 is 11.3 Å². The van der Waals surface area contributed by atoms with E-state index in [1.54, 1.807) is 11.3 Å². The third-order valence-electron chi connectivity index (χ3n) is 4.45. The summed E-state index contributed by atoms with van der Waals surface area (Å²) in [4.78, 5) is 7.13. The maximum absolute atomic E-state index is 4.83. The highest BCUT2D eigenvalue weighted by atomic mass is 32.1. The maximum atomic E-state index is 4.83. The zero-order valence-electron chi connectivity index (χ0n) is 15.0. The second-order valence-electron chi connectivity index (χ2n) is 6.40. The molecule has 0 unspecified atom stereocenters. The number of aryl methyl sites for hydroxylation is 3. The van der Waals surface area contributed by atoms with Gasteiger partial charge in [0.25, 0.3) is 0 Å². The zero-order valence-corrected chi connectivity index (χ0v) is 15.8. The highest BCUT2D eigenvalue weighted by Crippen LogP contribution is 2.27. The Bertz CT molecular complexity index is 847. The van der Waals surface area contributed by atoms with Crippen molar-refractivity contribution in [1.29, 1.82) is 0 Å². The SMILES string of the molecule is Cc1ccccc1-c1nc(CN(C)Cc2c(C)nn(C)c2C)cs1. The van der Waals surface area contributed by atoms with E-state index >= 15 is 0 Å². The van der Waals surface area contributed by atoms with Crippen LogP contribution in [0.2, 0.25) is 0 Å². The van der Waals surface area contributed by atoms with Gasteiger partial charge < -0.3 is 0 Å². The van der Waals surface area contributed by atoms with E-state index in [1.165, 1.54) is 22.4 Å². The molecule has 0 bridgehead atoms. The van der Waals surface area contributed by atoms with Crippen LogP contribution in [0.25, 0.3) is 10.6 Å². The lowest BCUT2D eigenvalue weighted by Crippen LogP contribution is -2.18. The van der Waals surface area contributed by atoms with Gasteiger partial charge >= 0.3 is 0 Å². The van der Waals surface area contributed by atoms with Crippen LogP contribution in [-0.4, -0.2) is 26.7 Å². The summed E-state index contributed by atoms with van der Waals surface area (Å²) in [5, 5.41) is 7.77. The van der Waals surface area contributed by atoms with Crippen LogP contribution < -0.4 is 0 Å². The summed E-state index contributed by atoms with van der Waals surface area (Å²) < 4.78 is 1.96. The van der Waals surface area contributed by atoms with Crippen LogP contribution in [0.3, 0.4) is 0 Å². The quantitative estimate of drug-likeness (QED) is 0.701. The summed E-state index contributed by atoms with van der Waals surface area (Å²) in [6, 6.07) is 8.42. The van der Waals surface area contributed by atoms with Gasteiger partial charge in [-0.2, -0.15) is 5.10 Å². The van der Waals surface area contributed by atoms with Crippen molar-refractivity contribution in [1.82, 2.24) is 19.7 Å². The van der Waals surface area contributed by atoms with E-state index in [9.17, 15) is 0 Å². The molecule has 1 aromatic carbocycles. The van der Waals surface area contributed by atoms with Gasteiger partial charge in [0.15, 0.2) is 0 Å². The van der Waals surface area contributed by atoms with Crippen molar-refractivity contribution in [2.24, 2.45) is 7.05 Å². The second kappa shape index (κ2) is 6.87. The number of aromatic nitrogens is 3. The molecule has 0 radical (unpaired) electrons. The minimum Gasteiger partial charge on any atom is -0.296 e. The Morgan fingerprint density at radius 3 is 2.54 bits per heavy atom. The first-order chi connectivity index (χ1) is 11.5. The van der Waals surface area contributed by atoms with Gasteiger partial charge in [-0.15, -0.1) is 11.3 Å². The predicted molar refractivity (Wildman–Crippen MR) is 100 cm³/mol. The van der Waals surface area contributed by atoms with Gasteiger partial charge in [0.1, 0.15) is 5.01 Å². The fourth-order valence-corrected chi connectivity index (χ4v) is 3.87. The normalized spacial score (nSPS) is 11.4. The number of benzene rings is 1. The molecule has 4 nitrogen and oxygen atoms in total. The van der Waals surface area contributed by atoms with E-state index in [4.69, 9.17) is 4.98 Å². The van der Waals surface area contributed by atoms with Crippen LogP contribution in [0.15, 0.2) is 29.6 Å². The highest BCUT2D eigenvalue weighted by Gasteiger charge is 2.13. The van der Waals surface area contributed by atoms with Crippen LogP contribution in [0, 0.1) is 20.8 Å². The molecule has 0 atom stereocenters. The van der Waals surface area contributed by atoms with Gasteiger partial charge in [0.05, 0.1) is 11.4 Å². The molecule has 0 N–H and O–H groups in total. The molecule has 0 amide bonds. The molecule has 0 saturated carbocycles. The van der Waals surface area contributed by atoms with Crippen molar-refractivity contribution < 1.29 is 0 Å². The fourth-order valence-electron chi connectivity index (χ4n) is 2.96. The van der Waals surface area contributed by atoms with Crippen molar-refractivity contribution in [2.45, 2.75) is 33.9 Å². The minimum absolute atomic E-state index is 0.843.